The van der Waals surface area contributed by atoms with E-state index in [0.717, 1.165) is 26.1 Å². The molecule has 0 aromatic heterocycles. The van der Waals surface area contributed by atoms with Gasteiger partial charge in [0.2, 0.25) is 0 Å². The lowest BCUT2D eigenvalue weighted by Crippen LogP contribution is -2.02. The summed E-state index contributed by atoms with van der Waals surface area (Å²) in [5, 5.41) is 0. The van der Waals surface area contributed by atoms with Crippen LogP contribution >= 0.6 is 22.6 Å². The smallest absolute Gasteiger partial charge is 0.146 e. The average molecular weight is 368 g/mol. The van der Waals surface area contributed by atoms with Crippen molar-refractivity contribution in [3.63, 3.8) is 0 Å². The van der Waals surface area contributed by atoms with E-state index in [0.29, 0.717) is 6.79 Å². The molecule has 18 heavy (non-hydrogen) atoms. The van der Waals surface area contributed by atoms with Crippen molar-refractivity contribution < 1.29 is 9.47 Å². The standard InChI is InChI=1S/C15H29IO2/c1-2-3-4-5-7-10-13-17-15-18-14-11-8-6-9-12-16/h6,8H,2-5,7,9-15H2,1H3/b8-6+. The predicted molar refractivity (Wildman–Crippen MR) is 87.4 cm³/mol. The monoisotopic (exact) mass is 368 g/mol. The van der Waals surface area contributed by atoms with Crippen molar-refractivity contribution >= 4 is 22.6 Å². The zero-order valence-electron chi connectivity index (χ0n) is 11.8. The Kier molecular flexibility index (Phi) is 17.8. The van der Waals surface area contributed by atoms with E-state index in [9.17, 15) is 0 Å². The zero-order chi connectivity index (χ0) is 13.3. The second-order valence-corrected chi connectivity index (χ2v) is 5.52. The largest absolute Gasteiger partial charge is 0.355 e. The Labute approximate surface area is 127 Å². The van der Waals surface area contributed by atoms with Crippen molar-refractivity contribution in [1.29, 1.82) is 0 Å². The highest BCUT2D eigenvalue weighted by Crippen LogP contribution is 2.04. The van der Waals surface area contributed by atoms with Crippen molar-refractivity contribution in [2.75, 3.05) is 24.4 Å². The van der Waals surface area contributed by atoms with Crippen LogP contribution in [0, 0.1) is 0 Å². The van der Waals surface area contributed by atoms with E-state index >= 15 is 0 Å². The van der Waals surface area contributed by atoms with Gasteiger partial charge in [-0.15, -0.1) is 0 Å². The third-order valence-electron chi connectivity index (χ3n) is 2.68. The number of ether oxygens (including phenoxy) is 2. The summed E-state index contributed by atoms with van der Waals surface area (Å²) in [6.07, 6.45) is 14.4. The maximum Gasteiger partial charge on any atom is 0.146 e. The first-order valence-corrected chi connectivity index (χ1v) is 8.80. The summed E-state index contributed by atoms with van der Waals surface area (Å²) in [5.41, 5.74) is 0. The Morgan fingerprint density at radius 3 is 2.28 bits per heavy atom. The van der Waals surface area contributed by atoms with Gasteiger partial charge in [0, 0.05) is 11.0 Å². The second kappa shape index (κ2) is 17.4. The molecule has 0 aliphatic rings. The van der Waals surface area contributed by atoms with E-state index in [1.54, 1.807) is 0 Å². The van der Waals surface area contributed by atoms with Gasteiger partial charge in [0.05, 0.1) is 6.61 Å². The molecule has 0 N–H and O–H groups in total. The van der Waals surface area contributed by atoms with Gasteiger partial charge in [-0.1, -0.05) is 73.8 Å². The van der Waals surface area contributed by atoms with Crippen molar-refractivity contribution in [1.82, 2.24) is 0 Å². The topological polar surface area (TPSA) is 18.5 Å². The maximum absolute atomic E-state index is 5.42. The quantitative estimate of drug-likeness (QED) is 0.139. The Bertz CT molecular complexity index is 172. The van der Waals surface area contributed by atoms with Gasteiger partial charge in [-0.2, -0.15) is 0 Å². The summed E-state index contributed by atoms with van der Waals surface area (Å²) < 4.78 is 12.0. The number of rotatable bonds is 14. The second-order valence-electron chi connectivity index (χ2n) is 4.44. The van der Waals surface area contributed by atoms with Gasteiger partial charge in [0.15, 0.2) is 0 Å². The Hall–Kier alpha value is 0.390. The first-order chi connectivity index (χ1) is 8.91. The molecule has 108 valence electrons. The Balaban J connectivity index is 2.94. The number of allylic oxidation sites excluding steroid dienone is 1. The molecule has 0 radical (unpaired) electrons. The van der Waals surface area contributed by atoms with Gasteiger partial charge in [0.25, 0.3) is 0 Å². The van der Waals surface area contributed by atoms with Crippen LogP contribution in [0.2, 0.25) is 0 Å². The van der Waals surface area contributed by atoms with Crippen molar-refractivity contribution in [2.24, 2.45) is 0 Å². The Morgan fingerprint density at radius 1 is 0.833 bits per heavy atom. The molecule has 2 nitrogen and oxygen atoms in total. The van der Waals surface area contributed by atoms with Crippen molar-refractivity contribution in [3.8, 4) is 0 Å². The lowest BCUT2D eigenvalue weighted by molar-refractivity contribution is -0.0531. The van der Waals surface area contributed by atoms with Crippen LogP contribution in [0.1, 0.15) is 58.3 Å². The summed E-state index contributed by atoms with van der Waals surface area (Å²) in [6.45, 7) is 4.32. The average Bonchev–Trinajstić information content (AvgIpc) is 2.39. The van der Waals surface area contributed by atoms with E-state index in [1.807, 2.05) is 0 Å². The molecule has 0 aliphatic carbocycles. The van der Waals surface area contributed by atoms with Crippen LogP contribution in [-0.4, -0.2) is 24.4 Å². The predicted octanol–water partition coefficient (Wildman–Crippen LogP) is 5.11. The molecule has 0 heterocycles. The third-order valence-corrected chi connectivity index (χ3v) is 3.30. The van der Waals surface area contributed by atoms with E-state index < -0.39 is 0 Å². The molecule has 0 saturated carbocycles. The molecule has 0 rings (SSSR count). The number of unbranched alkanes of at least 4 members (excludes halogenated alkanes) is 5. The van der Waals surface area contributed by atoms with Crippen LogP contribution in [0.5, 0.6) is 0 Å². The highest BCUT2D eigenvalue weighted by molar-refractivity contribution is 14.1. The highest BCUT2D eigenvalue weighted by Gasteiger charge is 1.91. The SMILES string of the molecule is CCCCCCCCOCOCC/C=C/CCI. The maximum atomic E-state index is 5.42. The van der Waals surface area contributed by atoms with E-state index in [4.69, 9.17) is 9.47 Å². The van der Waals surface area contributed by atoms with Gasteiger partial charge < -0.3 is 9.47 Å². The molecular weight excluding hydrogens is 339 g/mol. The first-order valence-electron chi connectivity index (χ1n) is 7.28. The fourth-order valence-electron chi connectivity index (χ4n) is 1.61. The summed E-state index contributed by atoms with van der Waals surface area (Å²) in [5.74, 6) is 0. The molecule has 0 aliphatic heterocycles. The van der Waals surface area contributed by atoms with Crippen LogP contribution in [0.3, 0.4) is 0 Å². The Morgan fingerprint density at radius 2 is 1.50 bits per heavy atom. The normalized spacial score (nSPS) is 11.4. The van der Waals surface area contributed by atoms with Gasteiger partial charge in [-0.25, -0.2) is 0 Å². The number of hydrogen-bond acceptors (Lipinski definition) is 2. The summed E-state index contributed by atoms with van der Waals surface area (Å²) in [7, 11) is 0. The minimum Gasteiger partial charge on any atom is -0.355 e. The molecule has 3 heteroatoms. The van der Waals surface area contributed by atoms with Crippen LogP contribution in [0.15, 0.2) is 12.2 Å². The van der Waals surface area contributed by atoms with E-state index in [1.165, 1.54) is 43.0 Å². The lowest BCUT2D eigenvalue weighted by Gasteiger charge is -2.04. The summed E-state index contributed by atoms with van der Waals surface area (Å²) >= 11 is 2.38. The number of alkyl halides is 1. The zero-order valence-corrected chi connectivity index (χ0v) is 14.0. The molecule has 0 atom stereocenters. The van der Waals surface area contributed by atoms with Gasteiger partial charge in [0.1, 0.15) is 6.79 Å². The molecule has 0 aromatic carbocycles. The number of halogens is 1. The molecule has 0 unspecified atom stereocenters. The third kappa shape index (κ3) is 16.4. The fourth-order valence-corrected chi connectivity index (χ4v) is 1.97. The van der Waals surface area contributed by atoms with E-state index in [2.05, 4.69) is 41.7 Å². The molecular formula is C15H29IO2. The van der Waals surface area contributed by atoms with Gasteiger partial charge in [-0.05, 0) is 19.3 Å². The van der Waals surface area contributed by atoms with Crippen LogP contribution in [-0.2, 0) is 9.47 Å². The first kappa shape index (κ1) is 18.4. The molecule has 0 amide bonds. The van der Waals surface area contributed by atoms with Gasteiger partial charge >= 0.3 is 0 Å². The van der Waals surface area contributed by atoms with E-state index in [-0.39, 0.29) is 0 Å². The highest BCUT2D eigenvalue weighted by atomic mass is 127. The number of hydrogen-bond donors (Lipinski definition) is 0. The molecule has 0 fully saturated rings. The summed E-state index contributed by atoms with van der Waals surface area (Å²) in [4.78, 5) is 0. The minimum atomic E-state index is 0.453. The minimum absolute atomic E-state index is 0.453. The molecule has 0 saturated heterocycles. The van der Waals surface area contributed by atoms with Crippen molar-refractivity contribution in [2.45, 2.75) is 58.3 Å². The molecule has 0 spiro atoms. The van der Waals surface area contributed by atoms with Crippen LogP contribution < -0.4 is 0 Å². The van der Waals surface area contributed by atoms with Gasteiger partial charge in [-0.3, -0.25) is 0 Å². The fraction of sp³-hybridized carbons (Fsp3) is 0.867. The van der Waals surface area contributed by atoms with Crippen LogP contribution in [0.4, 0.5) is 0 Å². The molecule has 0 aromatic rings. The van der Waals surface area contributed by atoms with Crippen molar-refractivity contribution in [3.05, 3.63) is 12.2 Å². The lowest BCUT2D eigenvalue weighted by atomic mass is 10.1. The van der Waals surface area contributed by atoms with Crippen LogP contribution in [0.25, 0.3) is 0 Å². The summed E-state index contributed by atoms with van der Waals surface area (Å²) in [6, 6.07) is 0. The molecule has 0 bridgehead atoms.